The Hall–Kier alpha value is -0.800. The maximum absolute atomic E-state index is 10.1. The number of aliphatic hydroxyl groups excluding tert-OH is 1. The second-order valence-corrected chi connectivity index (χ2v) is 6.20. The number of allylic oxidation sites excluding steroid dienone is 2. The highest BCUT2D eigenvalue weighted by Crippen LogP contribution is 2.65. The van der Waals surface area contributed by atoms with Crippen LogP contribution in [-0.2, 0) is 9.47 Å². The highest BCUT2D eigenvalue weighted by molar-refractivity contribution is 5.49. The van der Waals surface area contributed by atoms with Gasteiger partial charge in [0, 0.05) is 5.41 Å². The van der Waals surface area contributed by atoms with E-state index >= 15 is 0 Å². The van der Waals surface area contributed by atoms with E-state index in [2.05, 4.69) is 6.92 Å². The van der Waals surface area contributed by atoms with Crippen LogP contribution in [0.4, 0.5) is 0 Å². The summed E-state index contributed by atoms with van der Waals surface area (Å²) in [5.41, 5.74) is 2.66. The first-order valence-corrected chi connectivity index (χ1v) is 7.07. The fourth-order valence-electron chi connectivity index (χ4n) is 4.75. The van der Waals surface area contributed by atoms with Crippen molar-refractivity contribution in [3.05, 3.63) is 23.0 Å². The normalized spacial score (nSPS) is 41.2. The Balaban J connectivity index is 1.83. The predicted molar refractivity (Wildman–Crippen MR) is 67.1 cm³/mol. The zero-order valence-corrected chi connectivity index (χ0v) is 10.9. The molecule has 3 heteroatoms. The number of hydrogen-bond acceptors (Lipinski definition) is 3. The van der Waals surface area contributed by atoms with Crippen molar-refractivity contribution < 1.29 is 14.6 Å². The van der Waals surface area contributed by atoms with Gasteiger partial charge >= 0.3 is 0 Å². The molecule has 0 aromatic carbocycles. The van der Waals surface area contributed by atoms with Crippen LogP contribution in [0.1, 0.15) is 39.0 Å². The predicted octanol–water partition coefficient (Wildman–Crippen LogP) is 3.08. The third-order valence-corrected chi connectivity index (χ3v) is 5.55. The van der Waals surface area contributed by atoms with Crippen LogP contribution in [-0.4, -0.2) is 24.1 Å². The Morgan fingerprint density at radius 2 is 2.11 bits per heavy atom. The van der Waals surface area contributed by atoms with Gasteiger partial charge in [0.25, 0.3) is 0 Å². The smallest absolute Gasteiger partial charge is 0.174 e. The van der Waals surface area contributed by atoms with Crippen molar-refractivity contribution in [2.24, 2.45) is 11.3 Å². The maximum Gasteiger partial charge on any atom is 0.174 e. The van der Waals surface area contributed by atoms with Crippen molar-refractivity contribution in [3.63, 3.8) is 0 Å². The molecule has 1 saturated carbocycles. The molecule has 4 rings (SSSR count). The molecule has 0 radical (unpaired) electrons. The summed E-state index contributed by atoms with van der Waals surface area (Å²) in [4.78, 5) is 0. The zero-order chi connectivity index (χ0) is 12.4. The van der Waals surface area contributed by atoms with Crippen LogP contribution in [0, 0.1) is 11.3 Å². The fourth-order valence-corrected chi connectivity index (χ4v) is 4.75. The van der Waals surface area contributed by atoms with Crippen LogP contribution in [0.25, 0.3) is 0 Å². The zero-order valence-electron chi connectivity index (χ0n) is 10.9. The van der Waals surface area contributed by atoms with Gasteiger partial charge in [-0.1, -0.05) is 6.42 Å². The van der Waals surface area contributed by atoms with E-state index in [1.54, 1.807) is 0 Å². The van der Waals surface area contributed by atoms with Gasteiger partial charge in [0.1, 0.15) is 5.76 Å². The lowest BCUT2D eigenvalue weighted by Crippen LogP contribution is -2.48. The lowest BCUT2D eigenvalue weighted by Gasteiger charge is -2.46. The highest BCUT2D eigenvalue weighted by Gasteiger charge is 2.61. The Morgan fingerprint density at radius 3 is 2.89 bits per heavy atom. The van der Waals surface area contributed by atoms with E-state index in [0.717, 1.165) is 19.3 Å². The van der Waals surface area contributed by atoms with Gasteiger partial charge < -0.3 is 14.6 Å². The van der Waals surface area contributed by atoms with Crippen LogP contribution in [0.2, 0.25) is 0 Å². The van der Waals surface area contributed by atoms with Gasteiger partial charge in [-0.25, -0.2) is 0 Å². The molecule has 1 aliphatic heterocycles. The standard InChI is InChI=1S/C15H20O3/c1-14(17-7-8-18-14)15-6-2-3-10(9-15)13-11(15)4-5-12(13)16/h5,10,16H,2-4,6-9H2,1H3/t10-,15-/m0/s1. The third-order valence-electron chi connectivity index (χ3n) is 5.55. The van der Waals surface area contributed by atoms with E-state index in [-0.39, 0.29) is 5.41 Å². The first-order chi connectivity index (χ1) is 8.66. The second kappa shape index (κ2) is 3.40. The Labute approximate surface area is 107 Å². The molecule has 18 heavy (non-hydrogen) atoms. The molecule has 4 aliphatic rings. The van der Waals surface area contributed by atoms with Gasteiger partial charge in [-0.05, 0) is 55.7 Å². The van der Waals surface area contributed by atoms with Gasteiger partial charge in [0.15, 0.2) is 5.79 Å². The van der Waals surface area contributed by atoms with Gasteiger partial charge in [-0.3, -0.25) is 0 Å². The minimum Gasteiger partial charge on any atom is -0.508 e. The van der Waals surface area contributed by atoms with E-state index in [4.69, 9.17) is 9.47 Å². The molecule has 0 spiro atoms. The van der Waals surface area contributed by atoms with Gasteiger partial charge in [0.2, 0.25) is 0 Å². The van der Waals surface area contributed by atoms with Crippen molar-refractivity contribution in [2.75, 3.05) is 13.2 Å². The molecule has 2 atom stereocenters. The maximum atomic E-state index is 10.1. The Kier molecular flexibility index (Phi) is 2.09. The van der Waals surface area contributed by atoms with Gasteiger partial charge in [0.05, 0.1) is 13.2 Å². The third kappa shape index (κ3) is 1.12. The number of aliphatic hydroxyl groups is 1. The quantitative estimate of drug-likeness (QED) is 0.775. The Morgan fingerprint density at radius 1 is 1.33 bits per heavy atom. The van der Waals surface area contributed by atoms with Crippen LogP contribution >= 0.6 is 0 Å². The summed E-state index contributed by atoms with van der Waals surface area (Å²) < 4.78 is 12.0. The number of rotatable bonds is 1. The monoisotopic (exact) mass is 248 g/mol. The average Bonchev–Trinajstić information content (AvgIpc) is 3.01. The molecule has 0 aromatic rings. The summed E-state index contributed by atoms with van der Waals surface area (Å²) in [7, 11) is 0. The van der Waals surface area contributed by atoms with E-state index in [1.807, 2.05) is 6.08 Å². The topological polar surface area (TPSA) is 38.7 Å². The molecule has 0 aromatic heterocycles. The van der Waals surface area contributed by atoms with Crippen LogP contribution in [0.15, 0.2) is 23.0 Å². The van der Waals surface area contributed by atoms with E-state index in [0.29, 0.717) is 24.9 Å². The second-order valence-electron chi connectivity index (χ2n) is 6.20. The molecule has 1 saturated heterocycles. The van der Waals surface area contributed by atoms with E-state index < -0.39 is 5.79 Å². The van der Waals surface area contributed by atoms with Crippen LogP contribution in [0.5, 0.6) is 0 Å². The summed E-state index contributed by atoms with van der Waals surface area (Å²) in [5.74, 6) is 0.582. The molecule has 0 amide bonds. The molecule has 1 heterocycles. The lowest BCUT2D eigenvalue weighted by atomic mass is 9.66. The number of hydrogen-bond donors (Lipinski definition) is 1. The van der Waals surface area contributed by atoms with Crippen molar-refractivity contribution in [2.45, 2.75) is 44.8 Å². The fraction of sp³-hybridized carbons (Fsp3) is 0.733. The molecule has 2 bridgehead atoms. The molecule has 2 fully saturated rings. The number of fused-ring (bicyclic) bond motifs is 4. The van der Waals surface area contributed by atoms with E-state index in [1.165, 1.54) is 24.0 Å². The SMILES string of the molecule is CC1([C@@]23CCC[C@@H](C2)C2=C3CC=C2O)OCCO1. The molecule has 3 aliphatic carbocycles. The summed E-state index contributed by atoms with van der Waals surface area (Å²) in [5, 5.41) is 10.1. The van der Waals surface area contributed by atoms with Crippen LogP contribution < -0.4 is 0 Å². The first-order valence-electron chi connectivity index (χ1n) is 7.07. The molecular formula is C15H20O3. The number of ether oxygens (including phenoxy) is 2. The molecule has 98 valence electrons. The largest absolute Gasteiger partial charge is 0.508 e. The van der Waals surface area contributed by atoms with Crippen molar-refractivity contribution in [1.82, 2.24) is 0 Å². The van der Waals surface area contributed by atoms with Crippen molar-refractivity contribution in [3.8, 4) is 0 Å². The van der Waals surface area contributed by atoms with Gasteiger partial charge in [-0.15, -0.1) is 0 Å². The molecule has 3 nitrogen and oxygen atoms in total. The van der Waals surface area contributed by atoms with Gasteiger partial charge in [-0.2, -0.15) is 0 Å². The minimum absolute atomic E-state index is 0.0166. The molecule has 0 unspecified atom stereocenters. The Bertz CT molecular complexity index is 456. The molecular weight excluding hydrogens is 228 g/mol. The first kappa shape index (κ1) is 11.1. The minimum atomic E-state index is -0.471. The highest BCUT2D eigenvalue weighted by atomic mass is 16.7. The summed E-state index contributed by atoms with van der Waals surface area (Å²) >= 11 is 0. The lowest BCUT2D eigenvalue weighted by molar-refractivity contribution is -0.220. The van der Waals surface area contributed by atoms with E-state index in [9.17, 15) is 5.11 Å². The van der Waals surface area contributed by atoms with Crippen molar-refractivity contribution in [1.29, 1.82) is 0 Å². The summed E-state index contributed by atoms with van der Waals surface area (Å²) in [6.07, 6.45) is 7.52. The summed E-state index contributed by atoms with van der Waals surface area (Å²) in [6.45, 7) is 3.50. The van der Waals surface area contributed by atoms with Crippen LogP contribution in [0.3, 0.4) is 0 Å². The molecule has 1 N–H and O–H groups in total. The van der Waals surface area contributed by atoms with Crippen molar-refractivity contribution >= 4 is 0 Å². The average molecular weight is 248 g/mol. The summed E-state index contributed by atoms with van der Waals surface area (Å²) in [6, 6.07) is 0.